The van der Waals surface area contributed by atoms with E-state index < -0.39 is 6.10 Å². The van der Waals surface area contributed by atoms with Gasteiger partial charge in [0.1, 0.15) is 5.52 Å². The number of aromatic nitrogens is 2. The summed E-state index contributed by atoms with van der Waals surface area (Å²) in [5.74, 6) is 0.441. The van der Waals surface area contributed by atoms with Gasteiger partial charge >= 0.3 is 0 Å². The number of hydrogen-bond donors (Lipinski definition) is 2. The number of aliphatic hydroxyl groups is 1. The van der Waals surface area contributed by atoms with Crippen molar-refractivity contribution >= 4 is 50.2 Å². The minimum atomic E-state index is -0.433. The van der Waals surface area contributed by atoms with E-state index in [1.165, 1.54) is 0 Å². The normalized spacial score (nSPS) is 14.5. The molecule has 0 aliphatic rings. The first-order valence-electron chi connectivity index (χ1n) is 6.75. The number of hydrogen-bond acceptors (Lipinski definition) is 4. The van der Waals surface area contributed by atoms with Gasteiger partial charge in [0.25, 0.3) is 0 Å². The summed E-state index contributed by atoms with van der Waals surface area (Å²) in [6.45, 7) is 3.81. The topological polar surface area (TPSA) is 72.0 Å². The molecule has 0 fully saturated rings. The molecule has 5 heteroatoms. The summed E-state index contributed by atoms with van der Waals surface area (Å²) in [5.41, 5.74) is 9.76. The number of anilines is 1. The van der Waals surface area contributed by atoms with Gasteiger partial charge in [-0.05, 0) is 37.1 Å². The number of fused-ring (bicyclic) bond motifs is 3. The van der Waals surface area contributed by atoms with E-state index >= 15 is 0 Å². The molecule has 2 unspecified atom stereocenters. The Morgan fingerprint density at radius 2 is 2.00 bits per heavy atom. The monoisotopic (exact) mass is 393 g/mol. The predicted molar refractivity (Wildman–Crippen MR) is 94.6 cm³/mol. The van der Waals surface area contributed by atoms with Crippen LogP contribution in [-0.2, 0) is 0 Å². The molecule has 2 atom stereocenters. The molecule has 2 aromatic heterocycles. The highest BCUT2D eigenvalue weighted by Crippen LogP contribution is 2.32. The van der Waals surface area contributed by atoms with Gasteiger partial charge in [-0.1, -0.05) is 34.7 Å². The molecule has 2 heterocycles. The Hall–Kier alpha value is -1.47. The summed E-state index contributed by atoms with van der Waals surface area (Å²) in [4.78, 5) is 8.89. The van der Waals surface area contributed by atoms with Gasteiger partial charge in [0.15, 0.2) is 5.82 Å². The molecule has 3 rings (SSSR count). The highest BCUT2D eigenvalue weighted by Gasteiger charge is 2.16. The van der Waals surface area contributed by atoms with Gasteiger partial charge in [-0.2, -0.15) is 0 Å². The van der Waals surface area contributed by atoms with E-state index in [9.17, 15) is 5.11 Å². The molecule has 108 valence electrons. The number of pyridine rings is 2. The van der Waals surface area contributed by atoms with Crippen molar-refractivity contribution in [3.8, 4) is 0 Å². The van der Waals surface area contributed by atoms with Gasteiger partial charge in [-0.25, -0.2) is 4.98 Å². The first kappa shape index (κ1) is 14.5. The van der Waals surface area contributed by atoms with Crippen LogP contribution in [0, 0.1) is 6.92 Å². The third kappa shape index (κ3) is 2.55. The summed E-state index contributed by atoms with van der Waals surface area (Å²) >= 11 is 2.23. The zero-order chi connectivity index (χ0) is 15.1. The maximum Gasteiger partial charge on any atom is 0.150 e. The fourth-order valence-corrected chi connectivity index (χ4v) is 2.80. The fraction of sp³-hybridized carbons (Fsp3) is 0.250. The summed E-state index contributed by atoms with van der Waals surface area (Å²) in [5, 5.41) is 11.8. The van der Waals surface area contributed by atoms with E-state index in [0.29, 0.717) is 11.3 Å². The molecule has 0 radical (unpaired) electrons. The second kappa shape index (κ2) is 5.38. The van der Waals surface area contributed by atoms with Crippen LogP contribution in [0.1, 0.15) is 22.0 Å². The third-order valence-electron chi connectivity index (χ3n) is 3.58. The molecule has 21 heavy (non-hydrogen) atoms. The van der Waals surface area contributed by atoms with Gasteiger partial charge < -0.3 is 10.8 Å². The standard InChI is InChI=1S/C16H16IN3O/c1-8-3-4-11-12-6-10(14(17)9(2)21)7-19-15(12)16(18)20-13(11)5-8/h3-7,9,14,21H,1-2H3,(H2,18,20). The summed E-state index contributed by atoms with van der Waals surface area (Å²) in [7, 11) is 0. The van der Waals surface area contributed by atoms with Crippen molar-refractivity contribution in [3.63, 3.8) is 0 Å². The van der Waals surface area contributed by atoms with Crippen LogP contribution in [0.2, 0.25) is 0 Å². The molecular weight excluding hydrogens is 377 g/mol. The van der Waals surface area contributed by atoms with Crippen LogP contribution in [0.25, 0.3) is 21.8 Å². The van der Waals surface area contributed by atoms with Crippen LogP contribution in [0.15, 0.2) is 30.5 Å². The molecule has 0 aliphatic heterocycles. The molecule has 3 aromatic rings. The van der Waals surface area contributed by atoms with Crippen molar-refractivity contribution in [2.45, 2.75) is 23.9 Å². The van der Waals surface area contributed by atoms with Crippen LogP contribution >= 0.6 is 22.6 Å². The lowest BCUT2D eigenvalue weighted by Gasteiger charge is -2.14. The number of halogens is 1. The molecule has 0 spiro atoms. The van der Waals surface area contributed by atoms with E-state index in [1.807, 2.05) is 13.0 Å². The summed E-state index contributed by atoms with van der Waals surface area (Å²) in [6.07, 6.45) is 1.34. The lowest BCUT2D eigenvalue weighted by molar-refractivity contribution is 0.197. The number of benzene rings is 1. The lowest BCUT2D eigenvalue weighted by Crippen LogP contribution is -2.08. The van der Waals surface area contributed by atoms with Crippen LogP contribution in [0.4, 0.5) is 5.82 Å². The van der Waals surface area contributed by atoms with E-state index in [4.69, 9.17) is 5.73 Å². The molecule has 3 N–H and O–H groups in total. The average Bonchev–Trinajstić information content (AvgIpc) is 2.45. The average molecular weight is 393 g/mol. The SMILES string of the molecule is Cc1ccc2c(c1)nc(N)c1ncc(C(I)C(C)O)cc12. The zero-order valence-corrected chi connectivity index (χ0v) is 14.0. The molecule has 0 saturated heterocycles. The van der Waals surface area contributed by atoms with E-state index in [0.717, 1.165) is 27.4 Å². The number of nitrogens with two attached hydrogens (primary N) is 1. The highest BCUT2D eigenvalue weighted by molar-refractivity contribution is 14.1. The number of aliphatic hydroxyl groups excluding tert-OH is 1. The van der Waals surface area contributed by atoms with Crippen molar-refractivity contribution in [1.29, 1.82) is 0 Å². The second-order valence-corrected chi connectivity index (χ2v) is 6.67. The Balaban J connectivity index is 2.34. The van der Waals surface area contributed by atoms with Crippen molar-refractivity contribution in [2.75, 3.05) is 5.73 Å². The predicted octanol–water partition coefficient (Wildman–Crippen LogP) is 3.53. The second-order valence-electron chi connectivity index (χ2n) is 5.32. The first-order valence-corrected chi connectivity index (χ1v) is 7.99. The maximum absolute atomic E-state index is 9.78. The van der Waals surface area contributed by atoms with Crippen molar-refractivity contribution in [1.82, 2.24) is 9.97 Å². The molecule has 0 bridgehead atoms. The Morgan fingerprint density at radius 3 is 2.71 bits per heavy atom. The van der Waals surface area contributed by atoms with Gasteiger partial charge in [0.05, 0.1) is 15.5 Å². The smallest absolute Gasteiger partial charge is 0.150 e. The van der Waals surface area contributed by atoms with Gasteiger partial charge in [-0.3, -0.25) is 4.98 Å². The van der Waals surface area contributed by atoms with E-state index in [1.54, 1.807) is 13.1 Å². The van der Waals surface area contributed by atoms with Crippen LogP contribution in [0.3, 0.4) is 0 Å². The van der Waals surface area contributed by atoms with Gasteiger partial charge in [-0.15, -0.1) is 0 Å². The third-order valence-corrected chi connectivity index (χ3v) is 5.34. The number of aryl methyl sites for hydroxylation is 1. The number of rotatable bonds is 2. The van der Waals surface area contributed by atoms with Crippen molar-refractivity contribution in [2.24, 2.45) is 0 Å². The quantitative estimate of drug-likeness (QED) is 0.397. The highest BCUT2D eigenvalue weighted by atomic mass is 127. The van der Waals surface area contributed by atoms with Crippen molar-refractivity contribution in [3.05, 3.63) is 41.6 Å². The Kier molecular flexibility index (Phi) is 3.71. The first-order chi connectivity index (χ1) is 9.97. The Bertz CT molecular complexity index is 832. The largest absolute Gasteiger partial charge is 0.392 e. The van der Waals surface area contributed by atoms with Crippen LogP contribution < -0.4 is 5.73 Å². The number of nitrogens with zero attached hydrogens (tertiary/aromatic N) is 2. The van der Waals surface area contributed by atoms with Crippen LogP contribution in [-0.4, -0.2) is 21.2 Å². The zero-order valence-electron chi connectivity index (χ0n) is 11.8. The Morgan fingerprint density at radius 1 is 1.24 bits per heavy atom. The van der Waals surface area contributed by atoms with Gasteiger partial charge in [0, 0.05) is 17.0 Å². The molecule has 4 nitrogen and oxygen atoms in total. The van der Waals surface area contributed by atoms with Crippen LogP contribution in [0.5, 0.6) is 0 Å². The van der Waals surface area contributed by atoms with E-state index in [2.05, 4.69) is 50.8 Å². The minimum absolute atomic E-state index is 0.00520. The number of alkyl halides is 1. The molecule has 0 aliphatic carbocycles. The van der Waals surface area contributed by atoms with Crippen molar-refractivity contribution < 1.29 is 5.11 Å². The minimum Gasteiger partial charge on any atom is -0.392 e. The molecule has 1 aromatic carbocycles. The van der Waals surface area contributed by atoms with Gasteiger partial charge in [0.2, 0.25) is 0 Å². The summed E-state index contributed by atoms with van der Waals surface area (Å²) in [6, 6.07) is 8.19. The lowest BCUT2D eigenvalue weighted by atomic mass is 10.0. The maximum atomic E-state index is 9.78. The molecule has 0 saturated carbocycles. The fourth-order valence-electron chi connectivity index (χ4n) is 2.46. The summed E-state index contributed by atoms with van der Waals surface area (Å²) < 4.78 is -0.00520. The Labute approximate surface area is 136 Å². The number of nitrogen functional groups attached to an aromatic ring is 1. The van der Waals surface area contributed by atoms with E-state index in [-0.39, 0.29) is 3.92 Å². The molecule has 0 amide bonds. The molecular formula is C16H16IN3O.